The van der Waals surface area contributed by atoms with Crippen molar-refractivity contribution in [2.45, 2.75) is 92.7 Å². The van der Waals surface area contributed by atoms with E-state index >= 15 is 0 Å². The third kappa shape index (κ3) is 13.2. The van der Waals surface area contributed by atoms with Gasteiger partial charge >= 0.3 is 6.18 Å². The fourth-order valence-electron chi connectivity index (χ4n) is 3.84. The minimum Gasteiger partial charge on any atom is -0.385 e. The van der Waals surface area contributed by atoms with Crippen LogP contribution >= 0.6 is 0 Å². The van der Waals surface area contributed by atoms with Gasteiger partial charge in [0.05, 0.1) is 5.57 Å². The molecule has 0 radical (unpaired) electrons. The highest BCUT2D eigenvalue weighted by Gasteiger charge is 2.36. The Hall–Kier alpha value is -2.77. The molecule has 0 aliphatic rings. The van der Waals surface area contributed by atoms with Crippen molar-refractivity contribution in [1.82, 2.24) is 10.2 Å². The number of alkyl halides is 3. The molecule has 1 unspecified atom stereocenters. The fourth-order valence-corrected chi connectivity index (χ4v) is 3.84. The highest BCUT2D eigenvalue weighted by Crippen LogP contribution is 2.30. The zero-order valence-corrected chi connectivity index (χ0v) is 24.0. The highest BCUT2D eigenvalue weighted by molar-refractivity contribution is 5.94. The van der Waals surface area contributed by atoms with Crippen LogP contribution in [-0.2, 0) is 4.79 Å². The molecule has 1 atom stereocenters. The number of rotatable bonds is 16. The molecular weight excluding hydrogens is 489 g/mol. The predicted molar refractivity (Wildman–Crippen MR) is 153 cm³/mol. The van der Waals surface area contributed by atoms with Crippen LogP contribution in [0.4, 0.5) is 18.9 Å². The van der Waals surface area contributed by atoms with E-state index in [1.165, 1.54) is 0 Å². The molecular formula is C30H47F3N4O. The summed E-state index contributed by atoms with van der Waals surface area (Å²) in [4.78, 5) is 18.6. The lowest BCUT2D eigenvalue weighted by Gasteiger charge is -2.23. The van der Waals surface area contributed by atoms with Gasteiger partial charge in [-0.2, -0.15) is 13.2 Å². The zero-order valence-electron chi connectivity index (χ0n) is 24.0. The lowest BCUT2D eigenvalue weighted by atomic mass is 10.0. The van der Waals surface area contributed by atoms with Crippen LogP contribution < -0.4 is 10.6 Å². The Morgan fingerprint density at radius 1 is 1.16 bits per heavy atom. The molecule has 1 rings (SSSR count). The van der Waals surface area contributed by atoms with Gasteiger partial charge in [-0.25, -0.2) is 4.99 Å². The number of carbonyl (C=O) groups is 1. The Morgan fingerprint density at radius 2 is 1.89 bits per heavy atom. The number of nitrogens with one attached hydrogen (secondary N) is 2. The van der Waals surface area contributed by atoms with Gasteiger partial charge in [-0.15, -0.1) is 0 Å². The van der Waals surface area contributed by atoms with Gasteiger partial charge in [-0.3, -0.25) is 4.79 Å². The number of benzene rings is 1. The average molecular weight is 537 g/mol. The van der Waals surface area contributed by atoms with Gasteiger partial charge < -0.3 is 15.5 Å². The van der Waals surface area contributed by atoms with Crippen molar-refractivity contribution in [3.8, 4) is 0 Å². The molecule has 0 saturated carbocycles. The number of halogens is 3. The Bertz CT molecular complexity index is 938. The summed E-state index contributed by atoms with van der Waals surface area (Å²) in [6, 6.07) is 7.56. The van der Waals surface area contributed by atoms with Crippen LogP contribution in [0.3, 0.4) is 0 Å². The van der Waals surface area contributed by atoms with Crippen molar-refractivity contribution in [3.63, 3.8) is 0 Å². The lowest BCUT2D eigenvalue weighted by Crippen LogP contribution is -2.34. The second kappa shape index (κ2) is 17.7. The average Bonchev–Trinajstić information content (AvgIpc) is 2.86. The number of allylic oxidation sites excluding steroid dienone is 2. The molecule has 1 amide bonds. The number of unbranched alkanes of at least 4 members (excludes halogenated alkanes) is 1. The molecule has 5 nitrogen and oxygen atoms in total. The van der Waals surface area contributed by atoms with Crippen molar-refractivity contribution in [2.24, 2.45) is 10.9 Å². The SMILES string of the molecule is CCC/C=C(NCCCN(CCC)C(=O)CCC(C)CC)/C(=C\N=C(C)Nc1cccc(C)c1)C(F)(F)F. The van der Waals surface area contributed by atoms with Gasteiger partial charge in [0.15, 0.2) is 0 Å². The van der Waals surface area contributed by atoms with E-state index in [-0.39, 0.29) is 11.6 Å². The maximum atomic E-state index is 14.1. The van der Waals surface area contributed by atoms with Crippen LogP contribution in [-0.4, -0.2) is 42.5 Å². The first-order valence-corrected chi connectivity index (χ1v) is 13.9. The number of aryl methyl sites for hydroxylation is 1. The van der Waals surface area contributed by atoms with Crippen LogP contribution in [0.25, 0.3) is 0 Å². The first-order chi connectivity index (χ1) is 18.0. The molecule has 0 bridgehead atoms. The van der Waals surface area contributed by atoms with Gasteiger partial charge in [0.1, 0.15) is 5.84 Å². The molecule has 38 heavy (non-hydrogen) atoms. The summed E-state index contributed by atoms with van der Waals surface area (Å²) in [5.41, 5.74) is 1.02. The summed E-state index contributed by atoms with van der Waals surface area (Å²) in [5, 5.41) is 6.02. The standard InChI is InChI=1S/C30H47F3N4O/c1-7-10-15-28(34-18-12-20-37(19-8-2)29(38)17-16-23(4)9-3)27(30(31,32)33)22-35-25(6)36-26-14-11-13-24(5)21-26/h11,13-15,21-23,34H,7-10,12,16-20H2,1-6H3,(H,35,36)/b27-22+,28-15-. The predicted octanol–water partition coefficient (Wildman–Crippen LogP) is 8.00. The second-order valence-electron chi connectivity index (χ2n) is 9.87. The van der Waals surface area contributed by atoms with Crippen LogP contribution in [0.5, 0.6) is 0 Å². The molecule has 0 fully saturated rings. The van der Waals surface area contributed by atoms with E-state index in [4.69, 9.17) is 0 Å². The smallest absolute Gasteiger partial charge is 0.385 e. The van der Waals surface area contributed by atoms with E-state index in [0.717, 1.165) is 43.1 Å². The van der Waals surface area contributed by atoms with Crippen LogP contribution in [0.2, 0.25) is 0 Å². The number of hydrogen-bond acceptors (Lipinski definition) is 3. The van der Waals surface area contributed by atoms with Gasteiger partial charge in [0, 0.05) is 43.6 Å². The maximum absolute atomic E-state index is 14.1. The number of amidine groups is 1. The Kier molecular flexibility index (Phi) is 15.5. The summed E-state index contributed by atoms with van der Waals surface area (Å²) >= 11 is 0. The molecule has 8 heteroatoms. The quantitative estimate of drug-likeness (QED) is 0.0974. The van der Waals surface area contributed by atoms with Crippen molar-refractivity contribution in [1.29, 1.82) is 0 Å². The fraction of sp³-hybridized carbons (Fsp3) is 0.600. The third-order valence-electron chi connectivity index (χ3n) is 6.28. The molecule has 0 aliphatic carbocycles. The number of amides is 1. The summed E-state index contributed by atoms with van der Waals surface area (Å²) in [7, 11) is 0. The van der Waals surface area contributed by atoms with Crippen LogP contribution in [0.1, 0.15) is 85.1 Å². The summed E-state index contributed by atoms with van der Waals surface area (Å²) in [6.45, 7) is 13.3. The topological polar surface area (TPSA) is 56.7 Å². The van der Waals surface area contributed by atoms with E-state index in [2.05, 4.69) is 29.5 Å². The minimum atomic E-state index is -4.57. The second-order valence-corrected chi connectivity index (χ2v) is 9.87. The normalized spacial score (nSPS) is 13.9. The Morgan fingerprint density at radius 3 is 2.50 bits per heavy atom. The van der Waals surface area contributed by atoms with E-state index in [9.17, 15) is 18.0 Å². The Balaban J connectivity index is 2.93. The monoisotopic (exact) mass is 536 g/mol. The van der Waals surface area contributed by atoms with Crippen molar-refractivity contribution in [2.75, 3.05) is 25.0 Å². The number of anilines is 1. The first kappa shape index (κ1) is 33.3. The van der Waals surface area contributed by atoms with E-state index in [1.54, 1.807) is 13.0 Å². The van der Waals surface area contributed by atoms with Crippen molar-refractivity contribution >= 4 is 17.4 Å². The van der Waals surface area contributed by atoms with Gasteiger partial charge in [-0.05, 0) is 63.1 Å². The van der Waals surface area contributed by atoms with Gasteiger partial charge in [-0.1, -0.05) is 58.7 Å². The molecule has 1 aromatic rings. The van der Waals surface area contributed by atoms with Gasteiger partial charge in [0.2, 0.25) is 5.91 Å². The molecule has 1 aromatic carbocycles. The molecule has 214 valence electrons. The number of aliphatic imine (C=N–C) groups is 1. The molecule has 0 aliphatic heterocycles. The highest BCUT2D eigenvalue weighted by atomic mass is 19.4. The summed E-state index contributed by atoms with van der Waals surface area (Å²) < 4.78 is 42.2. The molecule has 0 heterocycles. The van der Waals surface area contributed by atoms with Crippen LogP contribution in [0.15, 0.2) is 52.8 Å². The number of carbonyl (C=O) groups excluding carboxylic acids is 1. The zero-order chi connectivity index (χ0) is 28.6. The minimum absolute atomic E-state index is 0.0246. The summed E-state index contributed by atoms with van der Waals surface area (Å²) in [5.74, 6) is 0.982. The van der Waals surface area contributed by atoms with Gasteiger partial charge in [0.25, 0.3) is 0 Å². The maximum Gasteiger partial charge on any atom is 0.419 e. The van der Waals surface area contributed by atoms with E-state index in [1.807, 2.05) is 49.9 Å². The molecule has 0 saturated heterocycles. The number of hydrogen-bond donors (Lipinski definition) is 2. The largest absolute Gasteiger partial charge is 0.419 e. The molecule has 0 spiro atoms. The van der Waals surface area contributed by atoms with E-state index in [0.29, 0.717) is 50.7 Å². The first-order valence-electron chi connectivity index (χ1n) is 13.9. The molecule has 0 aromatic heterocycles. The van der Waals surface area contributed by atoms with Crippen LogP contribution in [0, 0.1) is 12.8 Å². The molecule has 2 N–H and O–H groups in total. The lowest BCUT2D eigenvalue weighted by molar-refractivity contribution is -0.131. The van der Waals surface area contributed by atoms with E-state index < -0.39 is 11.7 Å². The Labute approximate surface area is 227 Å². The van der Waals surface area contributed by atoms with Crippen molar-refractivity contribution < 1.29 is 18.0 Å². The number of nitrogens with zero attached hydrogens (tertiary/aromatic N) is 2. The van der Waals surface area contributed by atoms with Crippen molar-refractivity contribution in [3.05, 3.63) is 53.4 Å². The summed E-state index contributed by atoms with van der Waals surface area (Å²) in [6.07, 6.45) is 2.94. The third-order valence-corrected chi connectivity index (χ3v) is 6.28.